The van der Waals surface area contributed by atoms with E-state index >= 15 is 0 Å². The lowest BCUT2D eigenvalue weighted by molar-refractivity contribution is -0.134. The molecule has 2 nitrogen and oxygen atoms in total. The van der Waals surface area contributed by atoms with E-state index in [4.69, 9.17) is 4.74 Å². The summed E-state index contributed by atoms with van der Waals surface area (Å²) < 4.78 is 5.16. The Labute approximate surface area is 91.3 Å². The number of hydrogen-bond acceptors (Lipinski definition) is 2. The lowest BCUT2D eigenvalue weighted by Crippen LogP contribution is -2.07. The van der Waals surface area contributed by atoms with Crippen LogP contribution in [0, 0.1) is 5.92 Å². The summed E-state index contributed by atoms with van der Waals surface area (Å²) in [5, 5.41) is 0. The summed E-state index contributed by atoms with van der Waals surface area (Å²) in [5.41, 5.74) is 0. The van der Waals surface area contributed by atoms with Gasteiger partial charge in [0, 0.05) is 6.42 Å². The van der Waals surface area contributed by atoms with E-state index in [1.807, 2.05) is 18.2 Å². The van der Waals surface area contributed by atoms with Gasteiger partial charge in [0.05, 0.1) is 0 Å². The Hall–Kier alpha value is -1.31. The molecule has 0 aromatic heterocycles. The molecule has 1 aromatic rings. The van der Waals surface area contributed by atoms with Crippen molar-refractivity contribution < 1.29 is 9.53 Å². The first-order chi connectivity index (χ1) is 7.18. The van der Waals surface area contributed by atoms with Gasteiger partial charge in [-0.3, -0.25) is 4.79 Å². The zero-order chi connectivity index (χ0) is 11.1. The molecular weight excluding hydrogens is 188 g/mol. The SMILES string of the molecule is CC(C)CCCC(=O)Oc1ccccc1. The van der Waals surface area contributed by atoms with Crippen LogP contribution in [0.1, 0.15) is 33.1 Å². The topological polar surface area (TPSA) is 26.3 Å². The maximum atomic E-state index is 11.4. The summed E-state index contributed by atoms with van der Waals surface area (Å²) in [6.45, 7) is 4.31. The summed E-state index contributed by atoms with van der Waals surface area (Å²) in [6.07, 6.45) is 2.49. The number of carbonyl (C=O) groups excluding carboxylic acids is 1. The molecule has 0 unspecified atom stereocenters. The zero-order valence-corrected chi connectivity index (χ0v) is 9.40. The molecule has 0 aliphatic carbocycles. The number of para-hydroxylation sites is 1. The Morgan fingerprint density at radius 2 is 1.93 bits per heavy atom. The number of rotatable bonds is 5. The second-order valence-corrected chi connectivity index (χ2v) is 4.07. The minimum atomic E-state index is -0.137. The second-order valence-electron chi connectivity index (χ2n) is 4.07. The highest BCUT2D eigenvalue weighted by Gasteiger charge is 2.04. The highest BCUT2D eigenvalue weighted by molar-refractivity contribution is 5.72. The van der Waals surface area contributed by atoms with Gasteiger partial charge >= 0.3 is 5.97 Å². The Morgan fingerprint density at radius 3 is 2.53 bits per heavy atom. The van der Waals surface area contributed by atoms with Gasteiger partial charge < -0.3 is 4.74 Å². The molecule has 82 valence electrons. The third-order valence-corrected chi connectivity index (χ3v) is 2.14. The molecule has 1 aromatic carbocycles. The van der Waals surface area contributed by atoms with Gasteiger partial charge in [-0.25, -0.2) is 0 Å². The molecule has 0 saturated carbocycles. The van der Waals surface area contributed by atoms with Crippen LogP contribution in [0.25, 0.3) is 0 Å². The van der Waals surface area contributed by atoms with E-state index in [0.717, 1.165) is 12.8 Å². The third kappa shape index (κ3) is 5.21. The van der Waals surface area contributed by atoms with Crippen molar-refractivity contribution in [3.05, 3.63) is 30.3 Å². The van der Waals surface area contributed by atoms with Crippen molar-refractivity contribution in [1.29, 1.82) is 0 Å². The summed E-state index contributed by atoms with van der Waals surface area (Å²) in [5.74, 6) is 1.14. The molecule has 15 heavy (non-hydrogen) atoms. The van der Waals surface area contributed by atoms with Crippen molar-refractivity contribution in [3.63, 3.8) is 0 Å². The van der Waals surface area contributed by atoms with Gasteiger partial charge in [0.25, 0.3) is 0 Å². The Bertz CT molecular complexity index is 291. The van der Waals surface area contributed by atoms with Crippen LogP contribution < -0.4 is 4.74 Å². The predicted molar refractivity (Wildman–Crippen MR) is 60.8 cm³/mol. The normalized spacial score (nSPS) is 10.3. The highest BCUT2D eigenvalue weighted by atomic mass is 16.5. The van der Waals surface area contributed by atoms with Crippen LogP contribution >= 0.6 is 0 Å². The van der Waals surface area contributed by atoms with E-state index in [0.29, 0.717) is 18.1 Å². The van der Waals surface area contributed by atoms with Gasteiger partial charge in [-0.05, 0) is 24.5 Å². The van der Waals surface area contributed by atoms with Crippen molar-refractivity contribution in [2.45, 2.75) is 33.1 Å². The van der Waals surface area contributed by atoms with Crippen LogP contribution in [-0.4, -0.2) is 5.97 Å². The van der Waals surface area contributed by atoms with Crippen LogP contribution in [0.4, 0.5) is 0 Å². The molecular formula is C13H18O2. The minimum absolute atomic E-state index is 0.137. The van der Waals surface area contributed by atoms with E-state index in [1.165, 1.54) is 0 Å². The molecule has 0 N–H and O–H groups in total. The molecule has 0 atom stereocenters. The molecule has 0 spiro atoms. The molecule has 0 bridgehead atoms. The monoisotopic (exact) mass is 206 g/mol. The van der Waals surface area contributed by atoms with Crippen molar-refractivity contribution in [1.82, 2.24) is 0 Å². The molecule has 0 aliphatic rings. The average molecular weight is 206 g/mol. The molecule has 0 aliphatic heterocycles. The van der Waals surface area contributed by atoms with Gasteiger partial charge in [-0.15, -0.1) is 0 Å². The Kier molecular flexibility index (Phi) is 4.88. The van der Waals surface area contributed by atoms with Crippen LogP contribution in [0.5, 0.6) is 5.75 Å². The first-order valence-corrected chi connectivity index (χ1v) is 5.44. The fourth-order valence-electron chi connectivity index (χ4n) is 1.33. The molecule has 0 saturated heterocycles. The van der Waals surface area contributed by atoms with Crippen molar-refractivity contribution in [2.75, 3.05) is 0 Å². The summed E-state index contributed by atoms with van der Waals surface area (Å²) >= 11 is 0. The number of carbonyl (C=O) groups is 1. The van der Waals surface area contributed by atoms with Crippen molar-refractivity contribution in [2.24, 2.45) is 5.92 Å². The van der Waals surface area contributed by atoms with Crippen LogP contribution in [0.3, 0.4) is 0 Å². The molecule has 0 heterocycles. The molecule has 2 heteroatoms. The largest absolute Gasteiger partial charge is 0.427 e. The third-order valence-electron chi connectivity index (χ3n) is 2.14. The lowest BCUT2D eigenvalue weighted by atomic mass is 10.1. The fraction of sp³-hybridized carbons (Fsp3) is 0.462. The van der Waals surface area contributed by atoms with Crippen LogP contribution in [0.15, 0.2) is 30.3 Å². The van der Waals surface area contributed by atoms with E-state index in [-0.39, 0.29) is 5.97 Å². The first-order valence-electron chi connectivity index (χ1n) is 5.44. The van der Waals surface area contributed by atoms with Gasteiger partial charge in [-0.2, -0.15) is 0 Å². The maximum absolute atomic E-state index is 11.4. The Morgan fingerprint density at radius 1 is 1.27 bits per heavy atom. The predicted octanol–water partition coefficient (Wildman–Crippen LogP) is 3.42. The van der Waals surface area contributed by atoms with E-state index in [1.54, 1.807) is 12.1 Å². The summed E-state index contributed by atoms with van der Waals surface area (Å²) in [6, 6.07) is 9.20. The van der Waals surface area contributed by atoms with Gasteiger partial charge in [-0.1, -0.05) is 38.5 Å². The molecule has 0 fully saturated rings. The quantitative estimate of drug-likeness (QED) is 0.545. The zero-order valence-electron chi connectivity index (χ0n) is 9.40. The van der Waals surface area contributed by atoms with Crippen molar-refractivity contribution in [3.8, 4) is 5.75 Å². The van der Waals surface area contributed by atoms with Crippen molar-refractivity contribution >= 4 is 5.97 Å². The van der Waals surface area contributed by atoms with Gasteiger partial charge in [0.15, 0.2) is 0 Å². The fourth-order valence-corrected chi connectivity index (χ4v) is 1.33. The molecule has 0 radical (unpaired) electrons. The number of esters is 1. The van der Waals surface area contributed by atoms with Crippen LogP contribution in [0.2, 0.25) is 0 Å². The maximum Gasteiger partial charge on any atom is 0.311 e. The van der Waals surface area contributed by atoms with Gasteiger partial charge in [0.2, 0.25) is 0 Å². The van der Waals surface area contributed by atoms with E-state index in [9.17, 15) is 4.79 Å². The second kappa shape index (κ2) is 6.23. The number of ether oxygens (including phenoxy) is 1. The highest BCUT2D eigenvalue weighted by Crippen LogP contribution is 2.11. The van der Waals surface area contributed by atoms with Crippen LogP contribution in [-0.2, 0) is 4.79 Å². The van der Waals surface area contributed by atoms with E-state index in [2.05, 4.69) is 13.8 Å². The molecule has 0 amide bonds. The minimum Gasteiger partial charge on any atom is -0.427 e. The Balaban J connectivity index is 2.25. The van der Waals surface area contributed by atoms with E-state index < -0.39 is 0 Å². The first kappa shape index (κ1) is 11.8. The summed E-state index contributed by atoms with van der Waals surface area (Å²) in [4.78, 5) is 11.4. The standard InChI is InChI=1S/C13H18O2/c1-11(2)7-6-10-13(14)15-12-8-4-3-5-9-12/h3-5,8-9,11H,6-7,10H2,1-2H3. The number of hydrogen-bond donors (Lipinski definition) is 0. The molecule has 1 rings (SSSR count). The smallest absolute Gasteiger partial charge is 0.311 e. The summed E-state index contributed by atoms with van der Waals surface area (Å²) in [7, 11) is 0. The average Bonchev–Trinajstić information content (AvgIpc) is 2.18. The van der Waals surface area contributed by atoms with Gasteiger partial charge in [0.1, 0.15) is 5.75 Å². The lowest BCUT2D eigenvalue weighted by Gasteiger charge is -2.05. The number of benzene rings is 1.